The molecule has 9 nitrogen and oxygen atoms in total. The Morgan fingerprint density at radius 3 is 2.26 bits per heavy atom. The average Bonchev–Trinajstić information content (AvgIpc) is 2.89. The van der Waals surface area contributed by atoms with Crippen molar-refractivity contribution >= 4 is 29.2 Å². The predicted octanol–water partition coefficient (Wildman–Crippen LogP) is 4.73. The summed E-state index contributed by atoms with van der Waals surface area (Å²) >= 11 is 0. The number of methoxy groups -OCH3 is 1. The molecule has 1 atom stereocenters. The molecule has 0 aromatic heterocycles. The molecule has 0 fully saturated rings. The number of ether oxygens (including phenoxy) is 2. The standard InChI is InChI=1S/C28H30FN3O6/c1-28(2,30-3)25(38-23-12-8-5-9-18(23)26(34)35)22(33)15-17-13-14-21(24(16-17)37-4)32-27(36)31-20-11-7-6-10-19(20)29/h5-14,16,25,30H,15H2,1-4H3,(H,34,35)(H2,31,32,36). The normalized spacial score (nSPS) is 11.8. The summed E-state index contributed by atoms with van der Waals surface area (Å²) in [5.41, 5.74) is 0.0334. The first-order valence-corrected chi connectivity index (χ1v) is 11.8. The Labute approximate surface area is 220 Å². The highest BCUT2D eigenvalue weighted by molar-refractivity contribution is 6.01. The lowest BCUT2D eigenvalue weighted by atomic mass is 9.90. The molecule has 1 unspecified atom stereocenters. The molecule has 0 saturated carbocycles. The molecular formula is C28H30FN3O6. The molecule has 0 heterocycles. The Morgan fingerprint density at radius 2 is 1.61 bits per heavy atom. The third kappa shape index (κ3) is 6.86. The first kappa shape index (κ1) is 28.1. The number of para-hydroxylation sites is 2. The van der Waals surface area contributed by atoms with Crippen LogP contribution in [0.4, 0.5) is 20.6 Å². The number of carbonyl (C=O) groups is 3. The molecule has 3 aromatic rings. The quantitative estimate of drug-likeness (QED) is 0.286. The second-order valence-electron chi connectivity index (χ2n) is 9.01. The lowest BCUT2D eigenvalue weighted by molar-refractivity contribution is -0.128. The van der Waals surface area contributed by atoms with Gasteiger partial charge in [0.05, 0.1) is 24.0 Å². The van der Waals surface area contributed by atoms with E-state index in [2.05, 4.69) is 16.0 Å². The maximum atomic E-state index is 13.8. The highest BCUT2D eigenvalue weighted by atomic mass is 19.1. The van der Waals surface area contributed by atoms with Gasteiger partial charge in [0.2, 0.25) is 0 Å². The molecule has 4 N–H and O–H groups in total. The molecule has 200 valence electrons. The van der Waals surface area contributed by atoms with Gasteiger partial charge < -0.3 is 30.5 Å². The molecule has 2 amide bonds. The molecule has 0 spiro atoms. The van der Waals surface area contributed by atoms with Crippen molar-refractivity contribution in [1.82, 2.24) is 5.32 Å². The Balaban J connectivity index is 1.79. The van der Waals surface area contributed by atoms with Crippen LogP contribution in [0.15, 0.2) is 66.7 Å². The van der Waals surface area contributed by atoms with Crippen LogP contribution in [0.1, 0.15) is 29.8 Å². The van der Waals surface area contributed by atoms with Gasteiger partial charge in [-0.05, 0) is 62.9 Å². The summed E-state index contributed by atoms with van der Waals surface area (Å²) in [5.74, 6) is -1.67. The Morgan fingerprint density at radius 1 is 0.947 bits per heavy atom. The van der Waals surface area contributed by atoms with Crippen molar-refractivity contribution in [1.29, 1.82) is 0 Å². The van der Waals surface area contributed by atoms with Gasteiger partial charge in [0.15, 0.2) is 11.9 Å². The maximum Gasteiger partial charge on any atom is 0.339 e. The minimum Gasteiger partial charge on any atom is -0.495 e. The van der Waals surface area contributed by atoms with E-state index < -0.39 is 29.5 Å². The Hall–Kier alpha value is -4.44. The van der Waals surface area contributed by atoms with Gasteiger partial charge in [0, 0.05) is 6.42 Å². The van der Waals surface area contributed by atoms with E-state index in [4.69, 9.17) is 9.47 Å². The first-order chi connectivity index (χ1) is 18.1. The highest BCUT2D eigenvalue weighted by Gasteiger charge is 2.36. The van der Waals surface area contributed by atoms with Crippen LogP contribution >= 0.6 is 0 Å². The van der Waals surface area contributed by atoms with Gasteiger partial charge in [0.1, 0.15) is 22.9 Å². The minimum absolute atomic E-state index is 0.0221. The van der Waals surface area contributed by atoms with E-state index in [1.54, 1.807) is 57.3 Å². The van der Waals surface area contributed by atoms with E-state index >= 15 is 0 Å². The van der Waals surface area contributed by atoms with Crippen LogP contribution in [-0.4, -0.2) is 48.7 Å². The van der Waals surface area contributed by atoms with E-state index in [0.29, 0.717) is 17.0 Å². The summed E-state index contributed by atoms with van der Waals surface area (Å²) in [6.45, 7) is 3.56. The van der Waals surface area contributed by atoms with Gasteiger partial charge in [-0.15, -0.1) is 0 Å². The van der Waals surface area contributed by atoms with Gasteiger partial charge >= 0.3 is 12.0 Å². The SMILES string of the molecule is CNC(C)(C)C(Oc1ccccc1C(=O)O)C(=O)Cc1ccc(NC(=O)Nc2ccccc2F)c(OC)c1. The van der Waals surface area contributed by atoms with Crippen LogP contribution in [0, 0.1) is 5.82 Å². The van der Waals surface area contributed by atoms with Gasteiger partial charge in [-0.3, -0.25) is 4.79 Å². The van der Waals surface area contributed by atoms with Crippen molar-refractivity contribution in [2.24, 2.45) is 0 Å². The van der Waals surface area contributed by atoms with Gasteiger partial charge in [-0.2, -0.15) is 0 Å². The van der Waals surface area contributed by atoms with Crippen molar-refractivity contribution in [3.05, 3.63) is 83.7 Å². The molecule has 38 heavy (non-hydrogen) atoms. The van der Waals surface area contributed by atoms with Crippen molar-refractivity contribution in [3.63, 3.8) is 0 Å². The second-order valence-corrected chi connectivity index (χ2v) is 9.01. The summed E-state index contributed by atoms with van der Waals surface area (Å²) < 4.78 is 25.2. The van der Waals surface area contributed by atoms with Gasteiger partial charge in [0.25, 0.3) is 0 Å². The van der Waals surface area contributed by atoms with E-state index in [-0.39, 0.29) is 29.2 Å². The van der Waals surface area contributed by atoms with Crippen molar-refractivity contribution in [2.75, 3.05) is 24.8 Å². The topological polar surface area (TPSA) is 126 Å². The van der Waals surface area contributed by atoms with E-state index in [1.807, 2.05) is 0 Å². The lowest BCUT2D eigenvalue weighted by Crippen LogP contribution is -2.55. The fraction of sp³-hybridized carbons (Fsp3) is 0.250. The minimum atomic E-state index is -1.17. The van der Waals surface area contributed by atoms with E-state index in [0.717, 1.165) is 0 Å². The smallest absolute Gasteiger partial charge is 0.339 e. The number of hydrogen-bond acceptors (Lipinski definition) is 6. The van der Waals surface area contributed by atoms with Crippen molar-refractivity contribution in [2.45, 2.75) is 31.9 Å². The number of rotatable bonds is 11. The Kier molecular flexibility index (Phi) is 9.03. The number of ketones is 1. The number of carbonyl (C=O) groups excluding carboxylic acids is 2. The molecule has 3 aromatic carbocycles. The zero-order valence-electron chi connectivity index (χ0n) is 21.5. The molecule has 0 bridgehead atoms. The van der Waals surface area contributed by atoms with Crippen LogP contribution in [0.2, 0.25) is 0 Å². The molecule has 3 rings (SSSR count). The lowest BCUT2D eigenvalue weighted by Gasteiger charge is -2.33. The van der Waals surface area contributed by atoms with Crippen molar-refractivity contribution < 1.29 is 33.4 Å². The number of amides is 2. The summed E-state index contributed by atoms with van der Waals surface area (Å²) in [6, 6.07) is 16.0. The molecule has 10 heteroatoms. The maximum absolute atomic E-state index is 13.8. The number of likely N-dealkylation sites (N-methyl/N-ethyl adjacent to an activating group) is 1. The fourth-order valence-corrected chi connectivity index (χ4v) is 3.70. The number of nitrogens with one attached hydrogen (secondary N) is 3. The molecule has 0 saturated heterocycles. The fourth-order valence-electron chi connectivity index (χ4n) is 3.70. The zero-order valence-corrected chi connectivity index (χ0v) is 21.5. The summed E-state index contributed by atoms with van der Waals surface area (Å²) in [4.78, 5) is 37.4. The number of anilines is 2. The van der Waals surface area contributed by atoms with Crippen molar-refractivity contribution in [3.8, 4) is 11.5 Å². The van der Waals surface area contributed by atoms with Gasteiger partial charge in [-0.1, -0.05) is 30.3 Å². The summed E-state index contributed by atoms with van der Waals surface area (Å²) in [6.07, 6.45) is -1.08. The molecule has 0 aliphatic rings. The highest BCUT2D eigenvalue weighted by Crippen LogP contribution is 2.28. The number of urea groups is 1. The molecule has 0 aliphatic heterocycles. The third-order valence-corrected chi connectivity index (χ3v) is 5.97. The molecule has 0 aliphatic carbocycles. The number of hydrogen-bond donors (Lipinski definition) is 4. The summed E-state index contributed by atoms with van der Waals surface area (Å²) in [7, 11) is 3.10. The van der Waals surface area contributed by atoms with Gasteiger partial charge in [-0.25, -0.2) is 14.0 Å². The number of Topliss-reactive ketones (excluding diaryl/α,β-unsaturated/α-hetero) is 1. The van der Waals surface area contributed by atoms with E-state index in [9.17, 15) is 23.9 Å². The molecule has 0 radical (unpaired) electrons. The number of aromatic carboxylic acids is 1. The van der Waals surface area contributed by atoms with Crippen LogP contribution in [0.3, 0.4) is 0 Å². The van der Waals surface area contributed by atoms with Crippen LogP contribution in [0.5, 0.6) is 11.5 Å². The zero-order chi connectivity index (χ0) is 27.9. The number of halogens is 1. The number of benzene rings is 3. The predicted molar refractivity (Wildman–Crippen MR) is 142 cm³/mol. The van der Waals surface area contributed by atoms with E-state index in [1.165, 1.54) is 37.4 Å². The number of carboxylic acid groups (broad SMARTS) is 1. The summed E-state index contributed by atoms with van der Waals surface area (Å²) in [5, 5.41) is 17.6. The van der Waals surface area contributed by atoms with Crippen LogP contribution in [0.25, 0.3) is 0 Å². The first-order valence-electron chi connectivity index (χ1n) is 11.8. The molecular weight excluding hydrogens is 493 g/mol. The number of carboxylic acids is 1. The Bertz CT molecular complexity index is 1330. The third-order valence-electron chi connectivity index (χ3n) is 5.97. The monoisotopic (exact) mass is 523 g/mol. The second kappa shape index (κ2) is 12.2. The largest absolute Gasteiger partial charge is 0.495 e. The van der Waals surface area contributed by atoms with Crippen LogP contribution in [-0.2, 0) is 11.2 Å². The average molecular weight is 524 g/mol. The van der Waals surface area contributed by atoms with Crippen LogP contribution < -0.4 is 25.4 Å².